The first kappa shape index (κ1) is 13.3. The molecular weight excluding hydrogens is 240 g/mol. The van der Waals surface area contributed by atoms with Gasteiger partial charge in [-0.05, 0) is 25.5 Å². The minimum Gasteiger partial charge on any atom is -0.437 e. The first-order chi connectivity index (χ1) is 9.12. The Kier molecular flexibility index (Phi) is 3.94. The SMILES string of the molecule is CCc1nc(N)cc(Oc2ccc(C)nc2CC)n1. The van der Waals surface area contributed by atoms with Crippen LogP contribution in [0.2, 0.25) is 0 Å². The molecule has 2 heterocycles. The fourth-order valence-electron chi connectivity index (χ4n) is 1.76. The van der Waals surface area contributed by atoms with E-state index in [0.29, 0.717) is 29.7 Å². The fraction of sp³-hybridized carbons (Fsp3) is 0.357. The number of anilines is 1. The van der Waals surface area contributed by atoms with E-state index in [1.165, 1.54) is 0 Å². The van der Waals surface area contributed by atoms with Crippen LogP contribution in [0.25, 0.3) is 0 Å². The molecule has 100 valence electrons. The van der Waals surface area contributed by atoms with E-state index in [-0.39, 0.29) is 0 Å². The van der Waals surface area contributed by atoms with Crippen molar-refractivity contribution in [3.63, 3.8) is 0 Å². The first-order valence-electron chi connectivity index (χ1n) is 6.40. The van der Waals surface area contributed by atoms with Crippen LogP contribution in [0.3, 0.4) is 0 Å². The number of ether oxygens (including phenoxy) is 1. The molecule has 0 aromatic carbocycles. The number of aryl methyl sites for hydroxylation is 3. The lowest BCUT2D eigenvalue weighted by atomic mass is 10.2. The van der Waals surface area contributed by atoms with Crippen LogP contribution in [0.4, 0.5) is 5.82 Å². The van der Waals surface area contributed by atoms with E-state index in [1.807, 2.05) is 32.9 Å². The summed E-state index contributed by atoms with van der Waals surface area (Å²) in [5, 5.41) is 0. The minimum atomic E-state index is 0.417. The van der Waals surface area contributed by atoms with Gasteiger partial charge in [0.1, 0.15) is 11.6 Å². The average molecular weight is 258 g/mol. The molecule has 0 unspecified atom stereocenters. The van der Waals surface area contributed by atoms with Crippen LogP contribution in [-0.2, 0) is 12.8 Å². The minimum absolute atomic E-state index is 0.417. The lowest BCUT2D eigenvalue weighted by Crippen LogP contribution is -2.02. The molecule has 0 amide bonds. The summed E-state index contributed by atoms with van der Waals surface area (Å²) in [4.78, 5) is 12.9. The van der Waals surface area contributed by atoms with E-state index in [4.69, 9.17) is 10.5 Å². The summed E-state index contributed by atoms with van der Waals surface area (Å²) in [5.74, 6) is 2.27. The monoisotopic (exact) mass is 258 g/mol. The first-order valence-corrected chi connectivity index (χ1v) is 6.40. The van der Waals surface area contributed by atoms with Crippen LogP contribution in [-0.4, -0.2) is 15.0 Å². The van der Waals surface area contributed by atoms with Gasteiger partial charge in [-0.1, -0.05) is 13.8 Å². The van der Waals surface area contributed by atoms with Crippen molar-refractivity contribution in [1.29, 1.82) is 0 Å². The van der Waals surface area contributed by atoms with Crippen molar-refractivity contribution in [3.8, 4) is 11.6 Å². The van der Waals surface area contributed by atoms with Gasteiger partial charge in [0.2, 0.25) is 5.88 Å². The van der Waals surface area contributed by atoms with E-state index < -0.39 is 0 Å². The van der Waals surface area contributed by atoms with Crippen molar-refractivity contribution in [2.24, 2.45) is 0 Å². The molecule has 2 aromatic rings. The van der Waals surface area contributed by atoms with Gasteiger partial charge < -0.3 is 10.5 Å². The Balaban J connectivity index is 2.33. The lowest BCUT2D eigenvalue weighted by molar-refractivity contribution is 0.450. The molecule has 2 aromatic heterocycles. The summed E-state index contributed by atoms with van der Waals surface area (Å²) in [6.45, 7) is 5.98. The lowest BCUT2D eigenvalue weighted by Gasteiger charge is -2.10. The van der Waals surface area contributed by atoms with Crippen molar-refractivity contribution in [1.82, 2.24) is 15.0 Å². The molecule has 2 rings (SSSR count). The summed E-state index contributed by atoms with van der Waals surface area (Å²) in [6, 6.07) is 5.45. The highest BCUT2D eigenvalue weighted by atomic mass is 16.5. The third-order valence-corrected chi connectivity index (χ3v) is 2.71. The van der Waals surface area contributed by atoms with Gasteiger partial charge in [0.05, 0.1) is 5.69 Å². The molecule has 0 aliphatic carbocycles. The van der Waals surface area contributed by atoms with Gasteiger partial charge in [0.25, 0.3) is 0 Å². The molecule has 5 heteroatoms. The van der Waals surface area contributed by atoms with Gasteiger partial charge in [0.15, 0.2) is 5.75 Å². The van der Waals surface area contributed by atoms with Crippen LogP contribution in [0.15, 0.2) is 18.2 Å². The third kappa shape index (κ3) is 3.19. The number of aromatic nitrogens is 3. The highest BCUT2D eigenvalue weighted by Crippen LogP contribution is 2.24. The molecule has 19 heavy (non-hydrogen) atoms. The van der Waals surface area contributed by atoms with Crippen LogP contribution in [0.5, 0.6) is 11.6 Å². The molecule has 0 saturated heterocycles. The molecule has 0 aliphatic heterocycles. The molecule has 5 nitrogen and oxygen atoms in total. The second-order valence-corrected chi connectivity index (χ2v) is 4.25. The Hall–Kier alpha value is -2.17. The maximum atomic E-state index is 5.79. The van der Waals surface area contributed by atoms with E-state index in [0.717, 1.165) is 17.8 Å². The Morgan fingerprint density at radius 3 is 2.58 bits per heavy atom. The Bertz CT molecular complexity index is 584. The maximum absolute atomic E-state index is 5.79. The number of nitrogens with two attached hydrogens (primary N) is 1. The summed E-state index contributed by atoms with van der Waals surface area (Å²) in [6.07, 6.45) is 1.52. The van der Waals surface area contributed by atoms with Crippen molar-refractivity contribution >= 4 is 5.82 Å². The number of rotatable bonds is 4. The molecule has 0 saturated carbocycles. The molecule has 0 radical (unpaired) electrons. The fourth-order valence-corrected chi connectivity index (χ4v) is 1.76. The van der Waals surface area contributed by atoms with E-state index in [1.54, 1.807) is 6.07 Å². The summed E-state index contributed by atoms with van der Waals surface area (Å²) >= 11 is 0. The Morgan fingerprint density at radius 1 is 1.11 bits per heavy atom. The number of nitrogen functional groups attached to an aromatic ring is 1. The van der Waals surface area contributed by atoms with Crippen LogP contribution >= 0.6 is 0 Å². The third-order valence-electron chi connectivity index (χ3n) is 2.71. The van der Waals surface area contributed by atoms with Crippen molar-refractivity contribution in [2.45, 2.75) is 33.6 Å². The highest BCUT2D eigenvalue weighted by Gasteiger charge is 2.08. The maximum Gasteiger partial charge on any atom is 0.224 e. The van der Waals surface area contributed by atoms with E-state index >= 15 is 0 Å². The van der Waals surface area contributed by atoms with E-state index in [9.17, 15) is 0 Å². The summed E-state index contributed by atoms with van der Waals surface area (Å²) in [5.41, 5.74) is 7.62. The number of nitrogens with zero attached hydrogens (tertiary/aromatic N) is 3. The quantitative estimate of drug-likeness (QED) is 0.912. The molecular formula is C14H18N4O. The highest BCUT2D eigenvalue weighted by molar-refractivity contribution is 5.37. The second kappa shape index (κ2) is 5.65. The van der Waals surface area contributed by atoms with Crippen LogP contribution in [0, 0.1) is 6.92 Å². The standard InChI is InChI=1S/C14H18N4O/c1-4-10-11(7-6-9(3)16-10)19-14-8-12(15)17-13(5-2)18-14/h6-8H,4-5H2,1-3H3,(H2,15,17,18). The van der Waals surface area contributed by atoms with Gasteiger partial charge in [0, 0.05) is 18.2 Å². The van der Waals surface area contributed by atoms with E-state index in [2.05, 4.69) is 15.0 Å². The van der Waals surface area contributed by atoms with Gasteiger partial charge in [-0.25, -0.2) is 4.98 Å². The van der Waals surface area contributed by atoms with Gasteiger partial charge in [-0.3, -0.25) is 4.98 Å². The van der Waals surface area contributed by atoms with Crippen LogP contribution < -0.4 is 10.5 Å². The Morgan fingerprint density at radius 2 is 1.89 bits per heavy atom. The summed E-state index contributed by atoms with van der Waals surface area (Å²) in [7, 11) is 0. The Labute approximate surface area is 112 Å². The smallest absolute Gasteiger partial charge is 0.224 e. The van der Waals surface area contributed by atoms with Gasteiger partial charge >= 0.3 is 0 Å². The molecule has 0 atom stereocenters. The zero-order chi connectivity index (χ0) is 13.8. The van der Waals surface area contributed by atoms with Crippen LogP contribution in [0.1, 0.15) is 31.1 Å². The zero-order valence-electron chi connectivity index (χ0n) is 11.5. The number of hydrogen-bond acceptors (Lipinski definition) is 5. The molecule has 2 N–H and O–H groups in total. The topological polar surface area (TPSA) is 73.9 Å². The largest absolute Gasteiger partial charge is 0.437 e. The number of pyridine rings is 1. The predicted molar refractivity (Wildman–Crippen MR) is 74.2 cm³/mol. The predicted octanol–water partition coefficient (Wildman–Crippen LogP) is 2.68. The molecule has 0 aliphatic rings. The van der Waals surface area contributed by atoms with Gasteiger partial charge in [-0.2, -0.15) is 4.98 Å². The molecule has 0 fully saturated rings. The van der Waals surface area contributed by atoms with Crippen molar-refractivity contribution in [2.75, 3.05) is 5.73 Å². The molecule has 0 bridgehead atoms. The number of hydrogen-bond donors (Lipinski definition) is 1. The normalized spacial score (nSPS) is 10.5. The van der Waals surface area contributed by atoms with Crippen molar-refractivity contribution in [3.05, 3.63) is 35.4 Å². The second-order valence-electron chi connectivity index (χ2n) is 4.25. The summed E-state index contributed by atoms with van der Waals surface area (Å²) < 4.78 is 5.79. The zero-order valence-corrected chi connectivity index (χ0v) is 11.5. The van der Waals surface area contributed by atoms with Gasteiger partial charge in [-0.15, -0.1) is 0 Å². The molecule has 0 spiro atoms. The van der Waals surface area contributed by atoms with Crippen molar-refractivity contribution < 1.29 is 4.74 Å². The average Bonchev–Trinajstić information content (AvgIpc) is 2.40.